The third kappa shape index (κ3) is 5.18. The van der Waals surface area contributed by atoms with E-state index < -0.39 is 5.97 Å². The van der Waals surface area contributed by atoms with Crippen LogP contribution in [0.4, 0.5) is 0 Å². The maximum atomic E-state index is 12.5. The van der Waals surface area contributed by atoms with Crippen molar-refractivity contribution >= 4 is 46.3 Å². The third-order valence-electron chi connectivity index (χ3n) is 3.82. The van der Waals surface area contributed by atoms with E-state index in [1.807, 2.05) is 18.2 Å². The zero-order valence-electron chi connectivity index (χ0n) is 13.6. The molecule has 0 aliphatic carbocycles. The highest BCUT2D eigenvalue weighted by Gasteiger charge is 2.31. The Labute approximate surface area is 151 Å². The number of hydrogen-bond donors (Lipinski definition) is 0. The number of unbranched alkanes of at least 4 members (excludes halogenated alkanes) is 2. The third-order valence-corrected chi connectivity index (χ3v) is 5.20. The predicted molar refractivity (Wildman–Crippen MR) is 99.2 cm³/mol. The molecule has 1 aromatic carbocycles. The Morgan fingerprint density at radius 1 is 1.25 bits per heavy atom. The van der Waals surface area contributed by atoms with Crippen molar-refractivity contribution in [1.29, 1.82) is 0 Å². The van der Waals surface area contributed by atoms with Gasteiger partial charge in [-0.2, -0.15) is 0 Å². The molecule has 0 bridgehead atoms. The van der Waals surface area contributed by atoms with Gasteiger partial charge < -0.3 is 9.90 Å². The van der Waals surface area contributed by atoms with Crippen LogP contribution in [-0.4, -0.2) is 27.6 Å². The summed E-state index contributed by atoms with van der Waals surface area (Å²) in [7, 11) is 0. The number of nitrogens with zero attached hydrogens (tertiary/aromatic N) is 1. The molecule has 4 nitrogen and oxygen atoms in total. The number of amides is 1. The zero-order chi connectivity index (χ0) is 17.5. The van der Waals surface area contributed by atoms with Crippen molar-refractivity contribution < 1.29 is 14.7 Å². The van der Waals surface area contributed by atoms with Crippen LogP contribution in [0.1, 0.15) is 43.7 Å². The smallest absolute Gasteiger partial charge is 0.266 e. The molecule has 1 saturated heterocycles. The second kappa shape index (κ2) is 8.99. The number of rotatable bonds is 8. The van der Waals surface area contributed by atoms with Crippen LogP contribution in [0.3, 0.4) is 0 Å². The molecular weight excluding hydrogens is 342 g/mol. The SMILES string of the molecule is CCc1ccc(/C=C2/SC(=S)N(CCCCCC(=O)[O-])C2=O)cc1. The maximum Gasteiger partial charge on any atom is 0.266 e. The number of benzene rings is 1. The summed E-state index contributed by atoms with van der Waals surface area (Å²) in [5.41, 5.74) is 2.25. The van der Waals surface area contributed by atoms with E-state index in [4.69, 9.17) is 12.2 Å². The summed E-state index contributed by atoms with van der Waals surface area (Å²) in [6, 6.07) is 8.13. The van der Waals surface area contributed by atoms with E-state index in [1.165, 1.54) is 17.3 Å². The van der Waals surface area contributed by atoms with E-state index in [9.17, 15) is 14.7 Å². The second-order valence-corrected chi connectivity index (χ2v) is 7.29. The van der Waals surface area contributed by atoms with Crippen LogP contribution in [-0.2, 0) is 16.0 Å². The summed E-state index contributed by atoms with van der Waals surface area (Å²) in [5.74, 6) is -1.10. The predicted octanol–water partition coefficient (Wildman–Crippen LogP) is 2.76. The first-order chi connectivity index (χ1) is 11.5. The van der Waals surface area contributed by atoms with Crippen LogP contribution in [0.2, 0.25) is 0 Å². The van der Waals surface area contributed by atoms with Gasteiger partial charge in [0.25, 0.3) is 5.91 Å². The van der Waals surface area contributed by atoms with Crippen molar-refractivity contribution in [3.8, 4) is 0 Å². The molecule has 0 aromatic heterocycles. The van der Waals surface area contributed by atoms with Crippen molar-refractivity contribution in [1.82, 2.24) is 4.90 Å². The van der Waals surface area contributed by atoms with Gasteiger partial charge in [0.15, 0.2) is 0 Å². The van der Waals surface area contributed by atoms with Gasteiger partial charge in [-0.1, -0.05) is 61.6 Å². The van der Waals surface area contributed by atoms with Gasteiger partial charge >= 0.3 is 0 Å². The highest BCUT2D eigenvalue weighted by molar-refractivity contribution is 8.26. The van der Waals surface area contributed by atoms with Crippen LogP contribution >= 0.6 is 24.0 Å². The molecular formula is C18H20NO3S2-. The number of carboxylic acids is 1. The van der Waals surface area contributed by atoms with Crippen LogP contribution in [0.5, 0.6) is 0 Å². The molecule has 0 spiro atoms. The lowest BCUT2D eigenvalue weighted by Gasteiger charge is -2.14. The van der Waals surface area contributed by atoms with Gasteiger partial charge in [-0.3, -0.25) is 9.69 Å². The zero-order valence-corrected chi connectivity index (χ0v) is 15.3. The Kier molecular flexibility index (Phi) is 6.99. The summed E-state index contributed by atoms with van der Waals surface area (Å²) >= 11 is 6.61. The van der Waals surface area contributed by atoms with Crippen molar-refractivity contribution in [3.05, 3.63) is 40.3 Å². The van der Waals surface area contributed by atoms with E-state index in [-0.39, 0.29) is 12.3 Å². The summed E-state index contributed by atoms with van der Waals surface area (Å²) < 4.78 is 0.566. The molecule has 1 amide bonds. The Bertz CT molecular complexity index is 653. The van der Waals surface area contributed by atoms with Crippen LogP contribution in [0, 0.1) is 0 Å². The molecule has 1 aromatic rings. The number of aliphatic carboxylic acids is 1. The Morgan fingerprint density at radius 2 is 1.96 bits per heavy atom. The van der Waals surface area contributed by atoms with E-state index in [1.54, 1.807) is 4.90 Å². The van der Waals surface area contributed by atoms with Gasteiger partial charge in [-0.05, 0) is 42.9 Å². The first-order valence-electron chi connectivity index (χ1n) is 8.05. The minimum atomic E-state index is -1.03. The number of aryl methyl sites for hydroxylation is 1. The molecule has 1 heterocycles. The number of thiocarbonyl (C=S) groups is 1. The fraction of sp³-hybridized carbons (Fsp3) is 0.389. The van der Waals surface area contributed by atoms with Gasteiger partial charge in [0, 0.05) is 12.5 Å². The topological polar surface area (TPSA) is 60.4 Å². The highest BCUT2D eigenvalue weighted by atomic mass is 32.2. The van der Waals surface area contributed by atoms with Crippen molar-refractivity contribution in [3.63, 3.8) is 0 Å². The molecule has 1 aliphatic heterocycles. The van der Waals surface area contributed by atoms with Crippen LogP contribution in [0.25, 0.3) is 6.08 Å². The highest BCUT2D eigenvalue weighted by Crippen LogP contribution is 2.32. The molecule has 1 aliphatic rings. The standard InChI is InChI=1S/C18H21NO3S2/c1-2-13-7-9-14(10-8-13)12-15-17(22)19(18(23)24-15)11-5-3-4-6-16(20)21/h7-10,12H,2-6,11H2,1H3,(H,20,21)/p-1/b15-12+. The molecule has 24 heavy (non-hydrogen) atoms. The van der Waals surface area contributed by atoms with Gasteiger partial charge in [-0.15, -0.1) is 0 Å². The molecule has 0 unspecified atom stereocenters. The van der Waals surface area contributed by atoms with Crippen LogP contribution < -0.4 is 5.11 Å². The molecule has 6 heteroatoms. The summed E-state index contributed by atoms with van der Waals surface area (Å²) in [6.45, 7) is 2.64. The quantitative estimate of drug-likeness (QED) is 0.404. The largest absolute Gasteiger partial charge is 0.550 e. The minimum Gasteiger partial charge on any atom is -0.550 e. The van der Waals surface area contributed by atoms with Gasteiger partial charge in [0.1, 0.15) is 4.32 Å². The van der Waals surface area contributed by atoms with Crippen LogP contribution in [0.15, 0.2) is 29.2 Å². The van der Waals surface area contributed by atoms with Crippen molar-refractivity contribution in [2.24, 2.45) is 0 Å². The fourth-order valence-electron chi connectivity index (χ4n) is 2.41. The first-order valence-corrected chi connectivity index (χ1v) is 9.28. The maximum absolute atomic E-state index is 12.5. The molecule has 0 N–H and O–H groups in total. The number of carbonyl (C=O) groups is 2. The van der Waals surface area contributed by atoms with Gasteiger partial charge in [-0.25, -0.2) is 0 Å². The summed E-state index contributed by atoms with van der Waals surface area (Å²) in [6.07, 6.45) is 4.96. The van der Waals surface area contributed by atoms with Gasteiger partial charge in [0.2, 0.25) is 0 Å². The Hall–Kier alpha value is -1.66. The average Bonchev–Trinajstić information content (AvgIpc) is 2.82. The first kappa shape index (κ1) is 18.7. The van der Waals surface area contributed by atoms with Gasteiger partial charge in [0.05, 0.1) is 4.91 Å². The number of carboxylic acid groups (broad SMARTS) is 1. The lowest BCUT2D eigenvalue weighted by atomic mass is 10.1. The molecule has 0 saturated carbocycles. The number of thioether (sulfide) groups is 1. The monoisotopic (exact) mass is 362 g/mol. The fourth-order valence-corrected chi connectivity index (χ4v) is 3.72. The summed E-state index contributed by atoms with van der Waals surface area (Å²) in [5, 5.41) is 10.4. The molecule has 2 rings (SSSR count). The summed E-state index contributed by atoms with van der Waals surface area (Å²) in [4.78, 5) is 25.1. The van der Waals surface area contributed by atoms with Crippen molar-refractivity contribution in [2.45, 2.75) is 39.0 Å². The number of hydrogen-bond acceptors (Lipinski definition) is 5. The number of carbonyl (C=O) groups excluding carboxylic acids is 2. The lowest BCUT2D eigenvalue weighted by molar-refractivity contribution is -0.305. The normalized spacial score (nSPS) is 16.2. The lowest BCUT2D eigenvalue weighted by Crippen LogP contribution is -2.29. The van der Waals surface area contributed by atoms with E-state index in [0.717, 1.165) is 24.8 Å². The molecule has 1 fully saturated rings. The molecule has 128 valence electrons. The van der Waals surface area contributed by atoms with E-state index in [2.05, 4.69) is 19.1 Å². The van der Waals surface area contributed by atoms with E-state index >= 15 is 0 Å². The van der Waals surface area contributed by atoms with Crippen molar-refractivity contribution in [2.75, 3.05) is 6.54 Å². The Morgan fingerprint density at radius 3 is 2.58 bits per heavy atom. The van der Waals surface area contributed by atoms with E-state index in [0.29, 0.717) is 22.2 Å². The minimum absolute atomic E-state index is 0.0616. The second-order valence-electron chi connectivity index (χ2n) is 5.61. The average molecular weight is 362 g/mol. The Balaban J connectivity index is 1.92. The molecule has 0 radical (unpaired) electrons. The molecule has 0 atom stereocenters.